The number of rotatable bonds is 5. The van der Waals surface area contributed by atoms with Gasteiger partial charge in [-0.3, -0.25) is 0 Å². The van der Waals surface area contributed by atoms with E-state index in [-0.39, 0.29) is 11.5 Å². The molecule has 4 saturated carbocycles. The normalized spacial score (nSPS) is 34.7. The minimum Gasteiger partial charge on any atom is -0.392 e. The molecule has 0 aliphatic heterocycles. The fourth-order valence-corrected chi connectivity index (χ4v) is 6.85. The third-order valence-corrected chi connectivity index (χ3v) is 7.89. The summed E-state index contributed by atoms with van der Waals surface area (Å²) in [5.41, 5.74) is 0.934. The number of hydrogen-bond donors (Lipinski definition) is 2. The molecule has 5 atom stereocenters. The molecule has 0 aromatic heterocycles. The van der Waals surface area contributed by atoms with Gasteiger partial charge in [-0.2, -0.15) is 0 Å². The smallest absolute Gasteiger partial charge is 0.115 e. The highest BCUT2D eigenvalue weighted by molar-refractivity contribution is 5.36. The molecule has 4 aliphatic rings. The molecule has 2 heteroatoms. The van der Waals surface area contributed by atoms with Crippen molar-refractivity contribution in [3.8, 4) is 0 Å². The first-order valence-electron chi connectivity index (χ1n) is 10.6. The summed E-state index contributed by atoms with van der Waals surface area (Å²) in [6.45, 7) is 0. The van der Waals surface area contributed by atoms with Gasteiger partial charge in [-0.15, -0.1) is 0 Å². The van der Waals surface area contributed by atoms with Gasteiger partial charge in [0.15, 0.2) is 0 Å². The summed E-state index contributed by atoms with van der Waals surface area (Å²) in [6, 6.07) is 20.1. The van der Waals surface area contributed by atoms with Crippen LogP contribution in [-0.4, -0.2) is 16.3 Å². The number of hydrogen-bond acceptors (Lipinski definition) is 2. The lowest BCUT2D eigenvalue weighted by atomic mass is 9.47. The van der Waals surface area contributed by atoms with E-state index in [9.17, 15) is 10.2 Å². The molecule has 2 unspecified atom stereocenters. The van der Waals surface area contributed by atoms with E-state index in [1.165, 1.54) is 19.3 Å². The van der Waals surface area contributed by atoms with Crippen LogP contribution in [0.4, 0.5) is 0 Å². The van der Waals surface area contributed by atoms with Crippen LogP contribution >= 0.6 is 0 Å². The largest absolute Gasteiger partial charge is 0.392 e. The van der Waals surface area contributed by atoms with E-state index in [0.29, 0.717) is 12.3 Å². The van der Waals surface area contributed by atoms with Crippen molar-refractivity contribution in [1.82, 2.24) is 0 Å². The highest BCUT2D eigenvalue weighted by Crippen LogP contribution is 2.62. The van der Waals surface area contributed by atoms with Gasteiger partial charge in [0, 0.05) is 0 Å². The Morgan fingerprint density at radius 1 is 0.815 bits per heavy atom. The van der Waals surface area contributed by atoms with Crippen molar-refractivity contribution in [3.63, 3.8) is 0 Å². The molecule has 142 valence electrons. The van der Waals surface area contributed by atoms with E-state index in [0.717, 1.165) is 42.2 Å². The summed E-state index contributed by atoms with van der Waals surface area (Å²) in [4.78, 5) is 0. The highest BCUT2D eigenvalue weighted by Gasteiger charge is 2.56. The van der Waals surface area contributed by atoms with Crippen LogP contribution in [0.5, 0.6) is 0 Å². The van der Waals surface area contributed by atoms with Crippen molar-refractivity contribution in [3.05, 3.63) is 71.8 Å². The fourth-order valence-electron chi connectivity index (χ4n) is 6.85. The van der Waals surface area contributed by atoms with Gasteiger partial charge in [-0.1, -0.05) is 60.7 Å². The van der Waals surface area contributed by atoms with Crippen LogP contribution in [0.1, 0.15) is 56.1 Å². The highest BCUT2D eigenvalue weighted by atomic mass is 16.3. The van der Waals surface area contributed by atoms with E-state index in [1.54, 1.807) is 0 Å². The zero-order valence-electron chi connectivity index (χ0n) is 15.9. The van der Waals surface area contributed by atoms with Crippen LogP contribution in [0.15, 0.2) is 60.7 Å². The second-order valence-electron chi connectivity index (χ2n) is 9.51. The summed E-state index contributed by atoms with van der Waals surface area (Å²) in [5.74, 6) is 2.10. The Bertz CT molecular complexity index is 731. The third kappa shape index (κ3) is 2.85. The van der Waals surface area contributed by atoms with Crippen molar-refractivity contribution in [2.45, 2.75) is 56.7 Å². The van der Waals surface area contributed by atoms with Crippen LogP contribution in [-0.2, 0) is 5.60 Å². The van der Waals surface area contributed by atoms with E-state index in [1.807, 2.05) is 60.7 Å². The quantitative estimate of drug-likeness (QED) is 0.795. The third-order valence-electron chi connectivity index (χ3n) is 7.89. The Morgan fingerprint density at radius 3 is 1.85 bits per heavy atom. The number of aliphatic hydroxyl groups is 2. The summed E-state index contributed by atoms with van der Waals surface area (Å²) >= 11 is 0. The lowest BCUT2D eigenvalue weighted by molar-refractivity contribution is -0.163. The summed E-state index contributed by atoms with van der Waals surface area (Å²) in [6.07, 6.45) is 7.51. The predicted octanol–water partition coefficient (Wildman–Crippen LogP) is 4.89. The first kappa shape index (κ1) is 17.5. The van der Waals surface area contributed by atoms with Gasteiger partial charge in [0.1, 0.15) is 5.60 Å². The molecule has 2 N–H and O–H groups in total. The monoisotopic (exact) mass is 362 g/mol. The topological polar surface area (TPSA) is 40.5 Å². The molecular weight excluding hydrogens is 332 g/mol. The molecule has 0 radical (unpaired) electrons. The first-order valence-corrected chi connectivity index (χ1v) is 10.6. The van der Waals surface area contributed by atoms with Crippen molar-refractivity contribution >= 4 is 0 Å². The minimum absolute atomic E-state index is 0.0201. The molecular formula is C25H30O2. The molecule has 0 heterocycles. The second-order valence-corrected chi connectivity index (χ2v) is 9.51. The van der Waals surface area contributed by atoms with E-state index in [2.05, 4.69) is 0 Å². The average molecular weight is 363 g/mol. The Kier molecular flexibility index (Phi) is 4.18. The molecule has 2 aromatic rings. The van der Waals surface area contributed by atoms with Gasteiger partial charge < -0.3 is 10.2 Å². The van der Waals surface area contributed by atoms with Crippen LogP contribution in [0.2, 0.25) is 0 Å². The van der Waals surface area contributed by atoms with Gasteiger partial charge in [-0.05, 0) is 79.2 Å². The predicted molar refractivity (Wildman–Crippen MR) is 107 cm³/mol. The zero-order chi connectivity index (χ0) is 18.5. The van der Waals surface area contributed by atoms with E-state index in [4.69, 9.17) is 0 Å². The summed E-state index contributed by atoms with van der Waals surface area (Å²) in [5, 5.41) is 23.0. The van der Waals surface area contributed by atoms with Crippen LogP contribution in [0, 0.1) is 23.2 Å². The van der Waals surface area contributed by atoms with E-state index < -0.39 is 5.60 Å². The van der Waals surface area contributed by atoms with Crippen molar-refractivity contribution in [2.24, 2.45) is 23.2 Å². The van der Waals surface area contributed by atoms with Crippen molar-refractivity contribution in [1.29, 1.82) is 0 Å². The van der Waals surface area contributed by atoms with Crippen LogP contribution in [0.25, 0.3) is 0 Å². The standard InChI is InChI=1S/C25H30O2/c26-23-20-14-18-13-19(15-20)17-24(23,16-18)11-12-25(27,21-7-3-1-4-8-21)22-9-5-2-6-10-22/h1-10,18-20,23,26-27H,11-17H2/t18-,19+,20?,23-,24?/m0/s1. The minimum atomic E-state index is -0.994. The molecule has 4 fully saturated rings. The molecule has 4 aliphatic carbocycles. The van der Waals surface area contributed by atoms with Gasteiger partial charge in [0.05, 0.1) is 6.10 Å². The Labute approximate surface area is 162 Å². The maximum atomic E-state index is 11.9. The molecule has 2 nitrogen and oxygen atoms in total. The summed E-state index contributed by atoms with van der Waals surface area (Å²) in [7, 11) is 0. The molecule has 0 amide bonds. The average Bonchev–Trinajstić information content (AvgIpc) is 2.71. The molecule has 6 rings (SSSR count). The SMILES string of the molecule is O[C@H]1C2C[C@@H]3C[C@H](C2)CC1(CCC(O)(c1ccccc1)c1ccccc1)C3. The maximum Gasteiger partial charge on any atom is 0.115 e. The summed E-state index contributed by atoms with van der Waals surface area (Å²) < 4.78 is 0. The zero-order valence-corrected chi connectivity index (χ0v) is 15.9. The van der Waals surface area contributed by atoms with Gasteiger partial charge >= 0.3 is 0 Å². The van der Waals surface area contributed by atoms with Crippen molar-refractivity contribution in [2.75, 3.05) is 0 Å². The lowest BCUT2D eigenvalue weighted by Gasteiger charge is -2.60. The van der Waals surface area contributed by atoms with Gasteiger partial charge in [-0.25, -0.2) is 0 Å². The van der Waals surface area contributed by atoms with Crippen LogP contribution in [0.3, 0.4) is 0 Å². The molecule has 27 heavy (non-hydrogen) atoms. The molecule has 0 saturated heterocycles. The maximum absolute atomic E-state index is 11.9. The Morgan fingerprint density at radius 2 is 1.33 bits per heavy atom. The van der Waals surface area contributed by atoms with Crippen LogP contribution < -0.4 is 0 Å². The Balaban J connectivity index is 1.46. The number of benzene rings is 2. The van der Waals surface area contributed by atoms with Gasteiger partial charge in [0.25, 0.3) is 0 Å². The molecule has 2 aromatic carbocycles. The molecule has 4 bridgehead atoms. The fraction of sp³-hybridized carbons (Fsp3) is 0.520. The second kappa shape index (κ2) is 6.46. The number of aliphatic hydroxyl groups excluding tert-OH is 1. The Hall–Kier alpha value is -1.64. The lowest BCUT2D eigenvalue weighted by Crippen LogP contribution is -2.56. The first-order chi connectivity index (χ1) is 13.1. The van der Waals surface area contributed by atoms with Crippen molar-refractivity contribution < 1.29 is 10.2 Å². The molecule has 0 spiro atoms. The van der Waals surface area contributed by atoms with Gasteiger partial charge in [0.2, 0.25) is 0 Å². The van der Waals surface area contributed by atoms with E-state index >= 15 is 0 Å².